The molecule has 2 heterocycles. The minimum atomic E-state index is -0.459. The summed E-state index contributed by atoms with van der Waals surface area (Å²) in [5.41, 5.74) is 0.427. The quantitative estimate of drug-likeness (QED) is 0.477. The standard InChI is InChI=1S/C21H22ClFN4O2S/c1-21(2,3)26(4)20(28)29-13-14-11-19(30-15-9-10-18(22)24-12-15)27(25-14)17-8-6-5-7-16(17)23/h5-12H,13H2,1-4H3. The SMILES string of the molecule is CN(C(=O)OCc1cc(Sc2ccc(Cl)nc2)n(-c2ccccc2F)n1)C(C)(C)C. The lowest BCUT2D eigenvalue weighted by Crippen LogP contribution is -2.42. The van der Waals surface area contributed by atoms with Crippen molar-refractivity contribution < 1.29 is 13.9 Å². The highest BCUT2D eigenvalue weighted by atomic mass is 35.5. The van der Waals surface area contributed by atoms with Gasteiger partial charge in [-0.25, -0.2) is 18.9 Å². The average molecular weight is 449 g/mol. The smallest absolute Gasteiger partial charge is 0.410 e. The number of ether oxygens (including phenoxy) is 1. The highest BCUT2D eigenvalue weighted by Crippen LogP contribution is 2.31. The molecule has 3 rings (SSSR count). The molecule has 30 heavy (non-hydrogen) atoms. The Hall–Kier alpha value is -2.58. The molecule has 3 aromatic rings. The van der Waals surface area contributed by atoms with Gasteiger partial charge in [0.1, 0.15) is 34.0 Å². The van der Waals surface area contributed by atoms with Crippen molar-refractivity contribution in [2.24, 2.45) is 0 Å². The predicted octanol–water partition coefficient (Wildman–Crippen LogP) is 5.58. The Morgan fingerprint density at radius 2 is 2.00 bits per heavy atom. The van der Waals surface area contributed by atoms with Crippen molar-refractivity contribution in [3.63, 3.8) is 0 Å². The van der Waals surface area contributed by atoms with Crippen LogP contribution in [0.15, 0.2) is 58.6 Å². The van der Waals surface area contributed by atoms with E-state index >= 15 is 0 Å². The van der Waals surface area contributed by atoms with E-state index in [-0.39, 0.29) is 12.1 Å². The van der Waals surface area contributed by atoms with Crippen molar-refractivity contribution in [1.82, 2.24) is 19.7 Å². The molecule has 0 saturated carbocycles. The predicted molar refractivity (Wildman–Crippen MR) is 115 cm³/mol. The Bertz CT molecular complexity index is 1030. The largest absolute Gasteiger partial charge is 0.443 e. The normalized spacial score (nSPS) is 11.4. The van der Waals surface area contributed by atoms with Gasteiger partial charge in [-0.05, 0) is 51.1 Å². The fraction of sp³-hybridized carbons (Fsp3) is 0.286. The van der Waals surface area contributed by atoms with Gasteiger partial charge < -0.3 is 9.64 Å². The molecule has 0 aliphatic heterocycles. The van der Waals surface area contributed by atoms with E-state index in [9.17, 15) is 9.18 Å². The van der Waals surface area contributed by atoms with Crippen LogP contribution in [0.5, 0.6) is 0 Å². The molecule has 0 radical (unpaired) electrons. The second-order valence-corrected chi connectivity index (χ2v) is 9.02. The Morgan fingerprint density at radius 1 is 1.27 bits per heavy atom. The molecule has 0 aliphatic rings. The molecule has 0 atom stereocenters. The Labute approximate surface area is 184 Å². The van der Waals surface area contributed by atoms with Crippen LogP contribution in [-0.2, 0) is 11.3 Å². The van der Waals surface area contributed by atoms with E-state index in [1.54, 1.807) is 43.6 Å². The summed E-state index contributed by atoms with van der Waals surface area (Å²) in [6, 6.07) is 11.6. The number of hydrogen-bond donors (Lipinski definition) is 0. The van der Waals surface area contributed by atoms with Gasteiger partial charge in [0.05, 0.1) is 0 Å². The topological polar surface area (TPSA) is 60.3 Å². The van der Waals surface area contributed by atoms with Crippen molar-refractivity contribution in [3.8, 4) is 5.69 Å². The number of benzene rings is 1. The van der Waals surface area contributed by atoms with E-state index in [1.807, 2.05) is 26.8 Å². The lowest BCUT2D eigenvalue weighted by molar-refractivity contribution is 0.0749. The van der Waals surface area contributed by atoms with Crippen molar-refractivity contribution in [3.05, 3.63) is 65.3 Å². The number of rotatable bonds is 5. The summed E-state index contributed by atoms with van der Waals surface area (Å²) >= 11 is 7.21. The number of aromatic nitrogens is 3. The van der Waals surface area contributed by atoms with Gasteiger partial charge in [-0.2, -0.15) is 5.10 Å². The molecule has 158 valence electrons. The summed E-state index contributed by atoms with van der Waals surface area (Å²) in [6.45, 7) is 5.70. The number of nitrogens with zero attached hydrogens (tertiary/aromatic N) is 4. The Morgan fingerprint density at radius 3 is 2.63 bits per heavy atom. The Kier molecular flexibility index (Phi) is 6.67. The minimum absolute atomic E-state index is 0.0346. The first-order valence-electron chi connectivity index (χ1n) is 9.19. The van der Waals surface area contributed by atoms with Crippen molar-refractivity contribution in [2.45, 2.75) is 42.8 Å². The van der Waals surface area contributed by atoms with Crippen LogP contribution in [-0.4, -0.2) is 38.3 Å². The van der Waals surface area contributed by atoms with Gasteiger partial charge in [-0.3, -0.25) is 0 Å². The zero-order chi connectivity index (χ0) is 21.9. The highest BCUT2D eigenvalue weighted by molar-refractivity contribution is 7.99. The molecule has 0 spiro atoms. The fourth-order valence-electron chi connectivity index (χ4n) is 2.40. The van der Waals surface area contributed by atoms with Gasteiger partial charge >= 0.3 is 6.09 Å². The molecule has 9 heteroatoms. The summed E-state index contributed by atoms with van der Waals surface area (Å²) in [5, 5.41) is 5.50. The highest BCUT2D eigenvalue weighted by Gasteiger charge is 2.24. The number of carbonyl (C=O) groups excluding carboxylic acids is 1. The molecule has 2 aromatic heterocycles. The van der Waals surface area contributed by atoms with Crippen molar-refractivity contribution in [2.75, 3.05) is 7.05 Å². The molecule has 0 fully saturated rings. The summed E-state index contributed by atoms with van der Waals surface area (Å²) in [4.78, 5) is 18.7. The van der Waals surface area contributed by atoms with Gasteiger partial charge in [0.15, 0.2) is 0 Å². The molecule has 0 unspecified atom stereocenters. The molecule has 0 aliphatic carbocycles. The van der Waals surface area contributed by atoms with Crippen LogP contribution in [0, 0.1) is 5.82 Å². The molecule has 0 N–H and O–H groups in total. The molecule has 1 aromatic carbocycles. The lowest BCUT2D eigenvalue weighted by atomic mass is 10.1. The van der Waals surface area contributed by atoms with Crippen molar-refractivity contribution >= 4 is 29.5 Å². The second kappa shape index (κ2) is 9.06. The van der Waals surface area contributed by atoms with E-state index in [4.69, 9.17) is 16.3 Å². The number of amides is 1. The van der Waals surface area contributed by atoms with Crippen molar-refractivity contribution in [1.29, 1.82) is 0 Å². The third kappa shape index (κ3) is 5.31. The van der Waals surface area contributed by atoms with Crippen LogP contribution in [0.2, 0.25) is 5.15 Å². The summed E-state index contributed by atoms with van der Waals surface area (Å²) in [6.07, 6.45) is 1.17. The maximum absolute atomic E-state index is 14.4. The van der Waals surface area contributed by atoms with Crippen LogP contribution < -0.4 is 0 Å². The van der Waals surface area contributed by atoms with Crippen LogP contribution in [0.1, 0.15) is 26.5 Å². The monoisotopic (exact) mass is 448 g/mol. The zero-order valence-corrected chi connectivity index (χ0v) is 18.7. The van der Waals surface area contributed by atoms with Gasteiger partial charge in [0.2, 0.25) is 0 Å². The summed E-state index contributed by atoms with van der Waals surface area (Å²) in [5.74, 6) is -0.410. The zero-order valence-electron chi connectivity index (χ0n) is 17.1. The van der Waals surface area contributed by atoms with Crippen LogP contribution in [0.4, 0.5) is 9.18 Å². The van der Waals surface area contributed by atoms with E-state index < -0.39 is 11.9 Å². The third-order valence-corrected chi connectivity index (χ3v) is 5.55. The first-order valence-corrected chi connectivity index (χ1v) is 10.4. The molecular formula is C21H22ClFN4O2S. The first-order chi connectivity index (χ1) is 14.1. The molecule has 0 bridgehead atoms. The van der Waals surface area contributed by atoms with Crippen LogP contribution >= 0.6 is 23.4 Å². The Balaban J connectivity index is 1.87. The number of hydrogen-bond acceptors (Lipinski definition) is 5. The number of halogens is 2. The number of carbonyl (C=O) groups is 1. The third-order valence-electron chi connectivity index (χ3n) is 4.35. The van der Waals surface area contributed by atoms with E-state index in [0.717, 1.165) is 4.90 Å². The maximum atomic E-state index is 14.4. The van der Waals surface area contributed by atoms with E-state index in [1.165, 1.54) is 27.4 Å². The van der Waals surface area contributed by atoms with Crippen LogP contribution in [0.3, 0.4) is 0 Å². The molecular weight excluding hydrogens is 427 g/mol. The van der Waals surface area contributed by atoms with Crippen LogP contribution in [0.25, 0.3) is 5.69 Å². The molecule has 0 saturated heterocycles. The van der Waals surface area contributed by atoms with E-state index in [2.05, 4.69) is 10.1 Å². The van der Waals surface area contributed by atoms with E-state index in [0.29, 0.717) is 21.6 Å². The van der Waals surface area contributed by atoms with Gasteiger partial charge in [-0.15, -0.1) is 0 Å². The average Bonchev–Trinajstić information content (AvgIpc) is 3.09. The minimum Gasteiger partial charge on any atom is -0.443 e. The maximum Gasteiger partial charge on any atom is 0.410 e. The fourth-order valence-corrected chi connectivity index (χ4v) is 3.41. The second-order valence-electron chi connectivity index (χ2n) is 7.54. The number of pyridine rings is 1. The lowest BCUT2D eigenvalue weighted by Gasteiger charge is -2.30. The summed E-state index contributed by atoms with van der Waals surface area (Å²) < 4.78 is 21.3. The van der Waals surface area contributed by atoms with Gasteiger partial charge in [0, 0.05) is 23.7 Å². The summed E-state index contributed by atoms with van der Waals surface area (Å²) in [7, 11) is 1.68. The first kappa shape index (κ1) is 22.1. The van der Waals surface area contributed by atoms with Gasteiger partial charge in [-0.1, -0.05) is 35.5 Å². The van der Waals surface area contributed by atoms with Gasteiger partial charge in [0.25, 0.3) is 0 Å². The molecule has 6 nitrogen and oxygen atoms in total. The number of para-hydroxylation sites is 1. The molecule has 1 amide bonds.